The van der Waals surface area contributed by atoms with E-state index >= 15 is 0 Å². The van der Waals surface area contributed by atoms with Crippen LogP contribution in [0, 0.1) is 0 Å². The third kappa shape index (κ3) is 3.61. The van der Waals surface area contributed by atoms with Crippen LogP contribution in [-0.2, 0) is 0 Å². The predicted octanol–water partition coefficient (Wildman–Crippen LogP) is 6.39. The summed E-state index contributed by atoms with van der Waals surface area (Å²) < 4.78 is 6.10. The zero-order chi connectivity index (χ0) is 13.8. The molecule has 0 N–H and O–H groups in total. The molecule has 0 aromatic heterocycles. The maximum absolute atomic E-state index is 6.10. The number of rotatable bonds is 4. The molecular formula is C16H16Br2O. The third-order valence-corrected chi connectivity index (χ3v) is 3.90. The van der Waals surface area contributed by atoms with Crippen molar-refractivity contribution >= 4 is 31.9 Å². The van der Waals surface area contributed by atoms with Crippen LogP contribution in [0.25, 0.3) is 0 Å². The second-order valence-corrected chi connectivity index (χ2v) is 7.16. The average Bonchev–Trinajstić information content (AvgIpc) is 2.39. The van der Waals surface area contributed by atoms with Gasteiger partial charge >= 0.3 is 0 Å². The summed E-state index contributed by atoms with van der Waals surface area (Å²) in [6, 6.07) is 16.2. The second kappa shape index (κ2) is 6.58. The Kier molecular flexibility index (Phi) is 5.06. The van der Waals surface area contributed by atoms with Gasteiger partial charge < -0.3 is 4.74 Å². The highest BCUT2D eigenvalue weighted by Gasteiger charge is 2.12. The molecule has 1 nitrogen and oxygen atoms in total. The molecule has 2 aromatic carbocycles. The van der Waals surface area contributed by atoms with Crippen molar-refractivity contribution in [1.82, 2.24) is 0 Å². The molecule has 0 heterocycles. The lowest BCUT2D eigenvalue weighted by Crippen LogP contribution is -1.95. The Labute approximate surface area is 131 Å². The summed E-state index contributed by atoms with van der Waals surface area (Å²) in [6.07, 6.45) is 0. The molecule has 0 radical (unpaired) electrons. The topological polar surface area (TPSA) is 9.23 Å². The van der Waals surface area contributed by atoms with Crippen molar-refractivity contribution in [3.63, 3.8) is 0 Å². The third-order valence-electron chi connectivity index (χ3n) is 2.92. The van der Waals surface area contributed by atoms with Crippen LogP contribution in [0.4, 0.5) is 0 Å². The van der Waals surface area contributed by atoms with Crippen molar-refractivity contribution in [2.45, 2.75) is 23.5 Å². The smallest absolute Gasteiger partial charge is 0.131 e. The van der Waals surface area contributed by atoms with Gasteiger partial charge in [0.25, 0.3) is 0 Å². The fraction of sp³-hybridized carbons (Fsp3) is 0.250. The Morgan fingerprint density at radius 2 is 1.11 bits per heavy atom. The summed E-state index contributed by atoms with van der Waals surface area (Å²) in [5.41, 5.74) is 2.30. The van der Waals surface area contributed by atoms with Crippen molar-refractivity contribution in [2.75, 3.05) is 0 Å². The van der Waals surface area contributed by atoms with Gasteiger partial charge in [-0.3, -0.25) is 0 Å². The minimum atomic E-state index is 0.261. The monoisotopic (exact) mass is 382 g/mol. The van der Waals surface area contributed by atoms with E-state index < -0.39 is 0 Å². The van der Waals surface area contributed by atoms with Crippen molar-refractivity contribution in [3.8, 4) is 11.5 Å². The predicted molar refractivity (Wildman–Crippen MR) is 87.6 cm³/mol. The van der Waals surface area contributed by atoms with E-state index in [-0.39, 0.29) is 9.65 Å². The van der Waals surface area contributed by atoms with Gasteiger partial charge in [0.2, 0.25) is 0 Å². The Morgan fingerprint density at radius 1 is 0.737 bits per heavy atom. The summed E-state index contributed by atoms with van der Waals surface area (Å²) in [5, 5.41) is 0. The first-order chi connectivity index (χ1) is 9.09. The van der Waals surface area contributed by atoms with E-state index in [1.807, 2.05) is 36.4 Å². The molecule has 19 heavy (non-hydrogen) atoms. The number of halogens is 2. The molecule has 0 aliphatic rings. The lowest BCUT2D eigenvalue weighted by molar-refractivity contribution is 0.471. The van der Waals surface area contributed by atoms with Crippen molar-refractivity contribution in [3.05, 3.63) is 59.7 Å². The highest BCUT2D eigenvalue weighted by molar-refractivity contribution is 9.09. The van der Waals surface area contributed by atoms with E-state index in [0.29, 0.717) is 0 Å². The van der Waals surface area contributed by atoms with E-state index in [4.69, 9.17) is 4.74 Å². The number of hydrogen-bond donors (Lipinski definition) is 0. The van der Waals surface area contributed by atoms with Gasteiger partial charge in [0.05, 0.1) is 0 Å². The largest absolute Gasteiger partial charge is 0.457 e. The van der Waals surface area contributed by atoms with Crippen LogP contribution in [0.5, 0.6) is 11.5 Å². The van der Waals surface area contributed by atoms with Crippen LogP contribution in [-0.4, -0.2) is 0 Å². The summed E-state index contributed by atoms with van der Waals surface area (Å²) in [5.74, 6) is 1.79. The van der Waals surface area contributed by atoms with Gasteiger partial charge in [-0.1, -0.05) is 68.3 Å². The average molecular weight is 384 g/mol. The fourth-order valence-corrected chi connectivity index (χ4v) is 2.68. The number of hydrogen-bond acceptors (Lipinski definition) is 1. The molecular weight excluding hydrogens is 368 g/mol. The van der Waals surface area contributed by atoms with Crippen molar-refractivity contribution in [1.29, 1.82) is 0 Å². The molecule has 0 aliphatic heterocycles. The highest BCUT2D eigenvalue weighted by atomic mass is 79.9. The van der Waals surface area contributed by atoms with Crippen LogP contribution in [0.1, 0.15) is 34.6 Å². The van der Waals surface area contributed by atoms with Gasteiger partial charge in [-0.25, -0.2) is 0 Å². The zero-order valence-electron chi connectivity index (χ0n) is 10.9. The fourth-order valence-electron chi connectivity index (χ4n) is 1.92. The van der Waals surface area contributed by atoms with E-state index in [9.17, 15) is 0 Å². The summed E-state index contributed by atoms with van der Waals surface area (Å²) in [6.45, 7) is 4.20. The Bertz CT molecular complexity index is 500. The minimum absolute atomic E-state index is 0.261. The number of alkyl halides is 2. The number of para-hydroxylation sites is 2. The quantitative estimate of drug-likeness (QED) is 0.555. The van der Waals surface area contributed by atoms with E-state index in [1.54, 1.807) is 0 Å². The molecule has 0 amide bonds. The van der Waals surface area contributed by atoms with E-state index in [0.717, 1.165) is 22.6 Å². The molecule has 2 rings (SSSR count). The number of ether oxygens (including phenoxy) is 1. The Morgan fingerprint density at radius 3 is 1.47 bits per heavy atom. The molecule has 3 heteroatoms. The van der Waals surface area contributed by atoms with Gasteiger partial charge in [0, 0.05) is 20.8 Å². The van der Waals surface area contributed by atoms with Crippen molar-refractivity contribution in [2.24, 2.45) is 0 Å². The SMILES string of the molecule is CC(Br)c1ccccc1Oc1ccccc1C(C)Br. The molecule has 0 bridgehead atoms. The maximum atomic E-state index is 6.10. The zero-order valence-corrected chi connectivity index (χ0v) is 14.1. The van der Waals surface area contributed by atoms with Gasteiger partial charge in [-0.05, 0) is 26.0 Å². The number of benzene rings is 2. The normalized spacial score (nSPS) is 13.9. The summed E-state index contributed by atoms with van der Waals surface area (Å²) >= 11 is 7.21. The lowest BCUT2D eigenvalue weighted by atomic mass is 10.1. The van der Waals surface area contributed by atoms with E-state index in [2.05, 4.69) is 57.8 Å². The first-order valence-corrected chi connectivity index (χ1v) is 8.06. The molecule has 0 aliphatic carbocycles. The summed E-state index contributed by atoms with van der Waals surface area (Å²) in [4.78, 5) is 0.523. The standard InChI is InChI=1S/C16H16Br2O/c1-11(17)13-7-3-5-9-15(13)19-16-10-6-4-8-14(16)12(2)18/h3-12H,1-2H3. The van der Waals surface area contributed by atoms with Crippen LogP contribution in [0.15, 0.2) is 48.5 Å². The van der Waals surface area contributed by atoms with Gasteiger partial charge in [0.15, 0.2) is 0 Å². The molecule has 100 valence electrons. The van der Waals surface area contributed by atoms with Gasteiger partial charge in [-0.15, -0.1) is 0 Å². The maximum Gasteiger partial charge on any atom is 0.131 e. The molecule has 0 saturated heterocycles. The Hall–Kier alpha value is -0.800. The van der Waals surface area contributed by atoms with E-state index in [1.165, 1.54) is 0 Å². The molecule has 0 fully saturated rings. The van der Waals surface area contributed by atoms with Crippen LogP contribution in [0.3, 0.4) is 0 Å². The molecule has 2 atom stereocenters. The molecule has 2 unspecified atom stereocenters. The molecule has 2 aromatic rings. The van der Waals surface area contributed by atoms with Crippen LogP contribution >= 0.6 is 31.9 Å². The molecule has 0 saturated carbocycles. The van der Waals surface area contributed by atoms with Gasteiger partial charge in [0.1, 0.15) is 11.5 Å². The second-order valence-electron chi connectivity index (χ2n) is 4.41. The lowest BCUT2D eigenvalue weighted by Gasteiger charge is -2.16. The van der Waals surface area contributed by atoms with Crippen molar-refractivity contribution < 1.29 is 4.74 Å². The van der Waals surface area contributed by atoms with Crippen LogP contribution < -0.4 is 4.74 Å². The van der Waals surface area contributed by atoms with Crippen LogP contribution in [0.2, 0.25) is 0 Å². The van der Waals surface area contributed by atoms with Gasteiger partial charge in [-0.2, -0.15) is 0 Å². The first-order valence-electron chi connectivity index (χ1n) is 6.23. The minimum Gasteiger partial charge on any atom is -0.457 e. The molecule has 0 spiro atoms. The highest BCUT2D eigenvalue weighted by Crippen LogP contribution is 2.37. The first kappa shape index (κ1) is 14.6. The Balaban J connectivity index is 2.37. The summed E-state index contributed by atoms with van der Waals surface area (Å²) in [7, 11) is 0.